The molecule has 160 valence electrons. The maximum atomic E-state index is 13.2. The summed E-state index contributed by atoms with van der Waals surface area (Å²) in [6.45, 7) is 5.62. The lowest BCUT2D eigenvalue weighted by Crippen LogP contribution is -2.35. The summed E-state index contributed by atoms with van der Waals surface area (Å²) in [5.74, 6) is -0.329. The van der Waals surface area contributed by atoms with Crippen LogP contribution in [0.15, 0.2) is 52.1 Å². The first-order valence-electron chi connectivity index (χ1n) is 9.92. The van der Waals surface area contributed by atoms with Crippen molar-refractivity contribution in [3.8, 4) is 6.07 Å². The Hall–Kier alpha value is -3.96. The summed E-state index contributed by atoms with van der Waals surface area (Å²) in [5, 5.41) is 12.3. The molecule has 0 bridgehead atoms. The van der Waals surface area contributed by atoms with Gasteiger partial charge in [-0.3, -0.25) is 19.1 Å². The topological polar surface area (TPSA) is 108 Å². The highest BCUT2D eigenvalue weighted by Crippen LogP contribution is 2.28. The standard InChI is InChI=1S/C24H20N4O3S/c1-13-7-8-18(14(2)9-13)26-21(29)20-15(3)19-22(32-20)27-24(31)28(23(19)30)12-17-6-4-5-16(10-17)11-25/h4-10H,12H2,1-3H3,(H,26,29)(H,27,31). The highest BCUT2D eigenvalue weighted by Gasteiger charge is 2.21. The van der Waals surface area contributed by atoms with Gasteiger partial charge in [-0.2, -0.15) is 5.26 Å². The van der Waals surface area contributed by atoms with Crippen molar-refractivity contribution in [1.29, 1.82) is 5.26 Å². The summed E-state index contributed by atoms with van der Waals surface area (Å²) < 4.78 is 1.09. The maximum absolute atomic E-state index is 13.2. The lowest BCUT2D eigenvalue weighted by atomic mass is 10.1. The highest BCUT2D eigenvalue weighted by molar-refractivity contribution is 7.20. The predicted molar refractivity (Wildman–Crippen MR) is 126 cm³/mol. The van der Waals surface area contributed by atoms with E-state index < -0.39 is 11.2 Å². The van der Waals surface area contributed by atoms with Crippen molar-refractivity contribution in [3.63, 3.8) is 0 Å². The summed E-state index contributed by atoms with van der Waals surface area (Å²) in [5.41, 5.74) is 3.33. The Morgan fingerprint density at radius 3 is 2.66 bits per heavy atom. The number of thiophene rings is 1. The smallest absolute Gasteiger partial charge is 0.321 e. The predicted octanol–water partition coefficient (Wildman–Crippen LogP) is 3.85. The molecule has 2 aromatic carbocycles. The van der Waals surface area contributed by atoms with Gasteiger partial charge in [-0.05, 0) is 55.7 Å². The Bertz CT molecular complexity index is 1540. The van der Waals surface area contributed by atoms with Crippen molar-refractivity contribution < 1.29 is 4.79 Å². The molecule has 0 spiro atoms. The lowest BCUT2D eigenvalue weighted by molar-refractivity contribution is 0.103. The Labute approximate surface area is 187 Å². The van der Waals surface area contributed by atoms with Gasteiger partial charge < -0.3 is 5.32 Å². The normalized spacial score (nSPS) is 10.8. The van der Waals surface area contributed by atoms with Crippen LogP contribution < -0.4 is 16.6 Å². The SMILES string of the molecule is Cc1ccc(NC(=O)c2sc3[nH]c(=O)n(Cc4cccc(C#N)c4)c(=O)c3c2C)c(C)c1. The van der Waals surface area contributed by atoms with Crippen LogP contribution in [-0.2, 0) is 6.54 Å². The van der Waals surface area contributed by atoms with Crippen molar-refractivity contribution in [3.05, 3.63) is 96.0 Å². The number of anilines is 1. The molecule has 0 fully saturated rings. The zero-order valence-corrected chi connectivity index (χ0v) is 18.6. The fourth-order valence-corrected chi connectivity index (χ4v) is 4.75. The fourth-order valence-electron chi connectivity index (χ4n) is 3.67. The molecule has 2 aromatic heterocycles. The number of nitriles is 1. The molecule has 0 aliphatic carbocycles. The first kappa shape index (κ1) is 21.3. The van der Waals surface area contributed by atoms with Crippen LogP contribution in [0.3, 0.4) is 0 Å². The largest absolute Gasteiger partial charge is 0.329 e. The molecule has 2 heterocycles. The first-order valence-corrected chi connectivity index (χ1v) is 10.7. The van der Waals surface area contributed by atoms with Crippen LogP contribution in [0.5, 0.6) is 0 Å². The number of benzene rings is 2. The third kappa shape index (κ3) is 3.86. The number of carbonyl (C=O) groups excluding carboxylic acids is 1. The number of aryl methyl sites for hydroxylation is 3. The van der Waals surface area contributed by atoms with E-state index in [0.29, 0.717) is 37.5 Å². The number of amides is 1. The van der Waals surface area contributed by atoms with E-state index in [0.717, 1.165) is 27.0 Å². The second kappa shape index (κ2) is 8.29. The maximum Gasteiger partial charge on any atom is 0.329 e. The minimum absolute atomic E-state index is 0.0268. The van der Waals surface area contributed by atoms with Crippen LogP contribution >= 0.6 is 11.3 Å². The van der Waals surface area contributed by atoms with Crippen molar-refractivity contribution >= 4 is 33.1 Å². The number of rotatable bonds is 4. The second-order valence-corrected chi connectivity index (χ2v) is 8.69. The molecule has 0 atom stereocenters. The van der Waals surface area contributed by atoms with Gasteiger partial charge in [-0.1, -0.05) is 29.8 Å². The van der Waals surface area contributed by atoms with Gasteiger partial charge in [0.15, 0.2) is 0 Å². The van der Waals surface area contributed by atoms with Gasteiger partial charge in [0.2, 0.25) is 0 Å². The third-order valence-corrected chi connectivity index (χ3v) is 6.51. The Morgan fingerprint density at radius 2 is 1.94 bits per heavy atom. The molecule has 8 heteroatoms. The monoisotopic (exact) mass is 444 g/mol. The average molecular weight is 445 g/mol. The van der Waals surface area contributed by atoms with Crippen molar-refractivity contribution in [2.45, 2.75) is 27.3 Å². The van der Waals surface area contributed by atoms with Gasteiger partial charge in [0.1, 0.15) is 4.83 Å². The molecule has 32 heavy (non-hydrogen) atoms. The quantitative estimate of drug-likeness (QED) is 0.498. The Kier molecular flexibility index (Phi) is 5.51. The number of nitrogens with zero attached hydrogens (tertiary/aromatic N) is 2. The van der Waals surface area contributed by atoms with Gasteiger partial charge in [-0.15, -0.1) is 11.3 Å². The molecule has 1 amide bonds. The Balaban J connectivity index is 1.74. The molecule has 0 saturated heterocycles. The highest BCUT2D eigenvalue weighted by atomic mass is 32.1. The van der Waals surface area contributed by atoms with E-state index in [1.807, 2.05) is 38.1 Å². The number of nitrogens with one attached hydrogen (secondary N) is 2. The van der Waals surface area contributed by atoms with E-state index in [4.69, 9.17) is 5.26 Å². The number of hydrogen-bond acceptors (Lipinski definition) is 5. The molecule has 0 aliphatic heterocycles. The summed E-state index contributed by atoms with van der Waals surface area (Å²) in [7, 11) is 0. The second-order valence-electron chi connectivity index (χ2n) is 7.67. The molecule has 7 nitrogen and oxygen atoms in total. The molecule has 4 rings (SSSR count). The number of H-pyrrole nitrogens is 1. The van der Waals surface area contributed by atoms with Gasteiger partial charge in [0.05, 0.1) is 28.4 Å². The fraction of sp³-hybridized carbons (Fsp3) is 0.167. The van der Waals surface area contributed by atoms with E-state index in [2.05, 4.69) is 10.3 Å². The van der Waals surface area contributed by atoms with Crippen LogP contribution in [-0.4, -0.2) is 15.5 Å². The van der Waals surface area contributed by atoms with Crippen molar-refractivity contribution in [1.82, 2.24) is 9.55 Å². The van der Waals surface area contributed by atoms with Crippen molar-refractivity contribution in [2.75, 3.05) is 5.32 Å². The number of carbonyl (C=O) groups is 1. The van der Waals surface area contributed by atoms with E-state index in [9.17, 15) is 14.4 Å². The molecule has 2 N–H and O–H groups in total. The van der Waals surface area contributed by atoms with E-state index in [1.165, 1.54) is 0 Å². The minimum Gasteiger partial charge on any atom is -0.321 e. The van der Waals surface area contributed by atoms with Crippen LogP contribution in [0.1, 0.15) is 37.5 Å². The molecular formula is C24H20N4O3S. The molecule has 0 aliphatic rings. The van der Waals surface area contributed by atoms with E-state index in [1.54, 1.807) is 31.2 Å². The van der Waals surface area contributed by atoms with Crippen LogP contribution in [0.2, 0.25) is 0 Å². The number of aromatic nitrogens is 2. The minimum atomic E-state index is -0.563. The molecule has 0 radical (unpaired) electrons. The zero-order chi connectivity index (χ0) is 23.0. The summed E-state index contributed by atoms with van der Waals surface area (Å²) >= 11 is 1.09. The van der Waals surface area contributed by atoms with Gasteiger partial charge in [0, 0.05) is 5.69 Å². The van der Waals surface area contributed by atoms with E-state index >= 15 is 0 Å². The van der Waals surface area contributed by atoms with Crippen molar-refractivity contribution in [2.24, 2.45) is 0 Å². The van der Waals surface area contributed by atoms with Gasteiger partial charge in [-0.25, -0.2) is 4.79 Å². The number of hydrogen-bond donors (Lipinski definition) is 2. The van der Waals surface area contributed by atoms with Gasteiger partial charge in [0.25, 0.3) is 11.5 Å². The molecule has 4 aromatic rings. The van der Waals surface area contributed by atoms with Crippen LogP contribution in [0, 0.1) is 32.1 Å². The number of aromatic amines is 1. The zero-order valence-electron chi connectivity index (χ0n) is 17.8. The van der Waals surface area contributed by atoms with Gasteiger partial charge >= 0.3 is 5.69 Å². The molecule has 0 unspecified atom stereocenters. The first-order chi connectivity index (χ1) is 15.3. The third-order valence-electron chi connectivity index (χ3n) is 5.30. The summed E-state index contributed by atoms with van der Waals surface area (Å²) in [4.78, 5) is 42.2. The summed E-state index contributed by atoms with van der Waals surface area (Å²) in [6.07, 6.45) is 0. The Morgan fingerprint density at radius 1 is 1.16 bits per heavy atom. The summed E-state index contributed by atoms with van der Waals surface area (Å²) in [6, 6.07) is 14.5. The van der Waals surface area contributed by atoms with E-state index in [-0.39, 0.29) is 12.5 Å². The molecule has 0 saturated carbocycles. The lowest BCUT2D eigenvalue weighted by Gasteiger charge is -2.08. The number of fused-ring (bicyclic) bond motifs is 1. The molecular weight excluding hydrogens is 424 g/mol. The van der Waals surface area contributed by atoms with Crippen LogP contribution in [0.25, 0.3) is 10.2 Å². The van der Waals surface area contributed by atoms with Crippen LogP contribution in [0.4, 0.5) is 5.69 Å². The average Bonchev–Trinajstić information content (AvgIpc) is 3.09.